The Morgan fingerprint density at radius 2 is 0.936 bits per heavy atom. The van der Waals surface area contributed by atoms with Gasteiger partial charge in [0.05, 0.1) is 22.7 Å². The molecule has 0 N–H and O–H groups in total. The van der Waals surface area contributed by atoms with Gasteiger partial charge in [0.15, 0.2) is 11.6 Å². The average molecular weight is 606 g/mol. The summed E-state index contributed by atoms with van der Waals surface area (Å²) >= 11 is 0. The Morgan fingerprint density at radius 1 is 0.426 bits per heavy atom. The monoisotopic (exact) mass is 605 g/mol. The maximum absolute atomic E-state index is 5.20. The van der Waals surface area contributed by atoms with Crippen molar-refractivity contribution < 1.29 is 0 Å². The molecule has 5 heteroatoms. The van der Waals surface area contributed by atoms with Crippen LogP contribution in [0.1, 0.15) is 25.0 Å². The maximum atomic E-state index is 5.20. The Morgan fingerprint density at radius 3 is 1.57 bits per heavy atom. The number of para-hydroxylation sites is 3. The number of nitrogens with zero attached hydrogens (tertiary/aromatic N) is 5. The molecule has 47 heavy (non-hydrogen) atoms. The summed E-state index contributed by atoms with van der Waals surface area (Å²) in [6.45, 7) is 4.66. The molecular weight excluding hydrogens is 574 g/mol. The highest BCUT2D eigenvalue weighted by Crippen LogP contribution is 2.58. The van der Waals surface area contributed by atoms with Crippen molar-refractivity contribution in [3.63, 3.8) is 0 Å². The van der Waals surface area contributed by atoms with E-state index in [0.29, 0.717) is 17.6 Å². The highest BCUT2D eigenvalue weighted by molar-refractivity contribution is 6.03. The quantitative estimate of drug-likeness (QED) is 0.200. The SMILES string of the molecule is CC1(C)c2ccccc2-c2cc3c(cc21)N(c1ccccc1)c1ccccc1N3c1nc(-c2ccccc2)nc(-c2ccccc2)n1. The van der Waals surface area contributed by atoms with Crippen LogP contribution in [0.5, 0.6) is 0 Å². The first kappa shape index (κ1) is 27.3. The van der Waals surface area contributed by atoms with Gasteiger partial charge >= 0.3 is 0 Å². The largest absolute Gasteiger partial charge is 0.306 e. The number of anilines is 6. The summed E-state index contributed by atoms with van der Waals surface area (Å²) in [4.78, 5) is 20.0. The van der Waals surface area contributed by atoms with E-state index >= 15 is 0 Å². The molecule has 7 aromatic rings. The number of hydrogen-bond acceptors (Lipinski definition) is 5. The normalized spacial score (nSPS) is 13.8. The molecule has 1 aliphatic heterocycles. The lowest BCUT2D eigenvalue weighted by atomic mass is 9.82. The smallest absolute Gasteiger partial charge is 0.238 e. The third-order valence-electron chi connectivity index (χ3n) is 9.43. The van der Waals surface area contributed by atoms with Gasteiger partial charge in [-0.15, -0.1) is 0 Å². The van der Waals surface area contributed by atoms with Crippen LogP contribution < -0.4 is 9.80 Å². The van der Waals surface area contributed by atoms with E-state index in [-0.39, 0.29) is 5.41 Å². The zero-order valence-corrected chi connectivity index (χ0v) is 26.2. The van der Waals surface area contributed by atoms with Crippen LogP contribution in [0.2, 0.25) is 0 Å². The minimum atomic E-state index is -0.154. The summed E-state index contributed by atoms with van der Waals surface area (Å²) < 4.78 is 0. The van der Waals surface area contributed by atoms with Crippen LogP contribution in [0, 0.1) is 0 Å². The van der Waals surface area contributed by atoms with Crippen molar-refractivity contribution in [3.05, 3.63) is 163 Å². The van der Waals surface area contributed by atoms with Gasteiger partial charge in [-0.2, -0.15) is 9.97 Å². The lowest BCUT2D eigenvalue weighted by Gasteiger charge is -2.40. The van der Waals surface area contributed by atoms with E-state index in [1.807, 2.05) is 36.4 Å². The van der Waals surface area contributed by atoms with Crippen molar-refractivity contribution in [2.24, 2.45) is 0 Å². The first-order chi connectivity index (χ1) is 23.1. The van der Waals surface area contributed by atoms with E-state index in [2.05, 4.69) is 139 Å². The van der Waals surface area contributed by atoms with Gasteiger partial charge in [0.2, 0.25) is 5.95 Å². The third-order valence-corrected chi connectivity index (χ3v) is 9.43. The van der Waals surface area contributed by atoms with Gasteiger partial charge in [0, 0.05) is 22.2 Å². The fourth-order valence-electron chi connectivity index (χ4n) is 7.15. The van der Waals surface area contributed by atoms with E-state index in [1.165, 1.54) is 22.3 Å². The summed E-state index contributed by atoms with van der Waals surface area (Å²) in [5.74, 6) is 1.84. The lowest BCUT2D eigenvalue weighted by Crippen LogP contribution is -2.26. The summed E-state index contributed by atoms with van der Waals surface area (Å²) in [6, 6.07) is 53.0. The van der Waals surface area contributed by atoms with Crippen LogP contribution in [-0.2, 0) is 5.41 Å². The van der Waals surface area contributed by atoms with Crippen molar-refractivity contribution in [1.29, 1.82) is 0 Å². The molecule has 224 valence electrons. The predicted octanol–water partition coefficient (Wildman–Crippen LogP) is 10.8. The molecule has 0 spiro atoms. The van der Waals surface area contributed by atoms with Gasteiger partial charge in [-0.25, -0.2) is 4.98 Å². The topological polar surface area (TPSA) is 45.2 Å². The average Bonchev–Trinajstić information content (AvgIpc) is 3.36. The number of aromatic nitrogens is 3. The van der Waals surface area contributed by atoms with Crippen LogP contribution in [0.25, 0.3) is 33.9 Å². The Kier molecular flexibility index (Phi) is 6.09. The first-order valence-corrected chi connectivity index (χ1v) is 16.0. The highest BCUT2D eigenvalue weighted by atomic mass is 15.3. The zero-order chi connectivity index (χ0) is 31.5. The van der Waals surface area contributed by atoms with Crippen LogP contribution in [0.4, 0.5) is 34.4 Å². The van der Waals surface area contributed by atoms with Gasteiger partial charge in [0.1, 0.15) is 0 Å². The molecule has 2 heterocycles. The lowest BCUT2D eigenvalue weighted by molar-refractivity contribution is 0.660. The Labute approximate surface area is 274 Å². The van der Waals surface area contributed by atoms with Gasteiger partial charge in [0.25, 0.3) is 0 Å². The molecule has 0 bridgehead atoms. The zero-order valence-electron chi connectivity index (χ0n) is 26.2. The molecule has 0 radical (unpaired) electrons. The third kappa shape index (κ3) is 4.27. The number of hydrogen-bond donors (Lipinski definition) is 0. The van der Waals surface area contributed by atoms with Crippen LogP contribution >= 0.6 is 0 Å². The molecule has 9 rings (SSSR count). The summed E-state index contributed by atoms with van der Waals surface area (Å²) in [5.41, 5.74) is 12.1. The molecule has 0 amide bonds. The van der Waals surface area contributed by atoms with E-state index < -0.39 is 0 Å². The summed E-state index contributed by atoms with van der Waals surface area (Å²) in [7, 11) is 0. The molecule has 0 unspecified atom stereocenters. The fraction of sp³-hybridized carbons (Fsp3) is 0.0714. The molecule has 0 saturated heterocycles. The fourth-order valence-corrected chi connectivity index (χ4v) is 7.15. The van der Waals surface area contributed by atoms with E-state index in [1.54, 1.807) is 0 Å². The highest BCUT2D eigenvalue weighted by Gasteiger charge is 2.40. The summed E-state index contributed by atoms with van der Waals surface area (Å²) in [6.07, 6.45) is 0. The van der Waals surface area contributed by atoms with E-state index in [4.69, 9.17) is 15.0 Å². The molecule has 2 aliphatic rings. The summed E-state index contributed by atoms with van der Waals surface area (Å²) in [5, 5.41) is 0. The van der Waals surface area contributed by atoms with Gasteiger partial charge in [-0.1, -0.05) is 129 Å². The van der Waals surface area contributed by atoms with Gasteiger partial charge in [-0.3, -0.25) is 4.90 Å². The Hall–Kier alpha value is -6.07. The van der Waals surface area contributed by atoms with Crippen molar-refractivity contribution in [2.75, 3.05) is 9.80 Å². The number of fused-ring (bicyclic) bond motifs is 5. The second-order valence-corrected chi connectivity index (χ2v) is 12.6. The minimum Gasteiger partial charge on any atom is -0.306 e. The van der Waals surface area contributed by atoms with E-state index in [0.717, 1.165) is 39.6 Å². The molecule has 5 nitrogen and oxygen atoms in total. The first-order valence-electron chi connectivity index (χ1n) is 16.0. The van der Waals surface area contributed by atoms with Gasteiger partial charge < -0.3 is 4.90 Å². The molecular formula is C42H31N5. The van der Waals surface area contributed by atoms with Crippen LogP contribution in [-0.4, -0.2) is 15.0 Å². The molecule has 0 fully saturated rings. The molecule has 6 aromatic carbocycles. The van der Waals surface area contributed by atoms with Crippen LogP contribution in [0.3, 0.4) is 0 Å². The molecule has 0 saturated carbocycles. The molecule has 1 aliphatic carbocycles. The second kappa shape index (κ2) is 10.5. The minimum absolute atomic E-state index is 0.154. The Balaban J connectivity index is 1.36. The van der Waals surface area contributed by atoms with Crippen molar-refractivity contribution in [3.8, 4) is 33.9 Å². The second-order valence-electron chi connectivity index (χ2n) is 12.6. The predicted molar refractivity (Wildman–Crippen MR) is 191 cm³/mol. The van der Waals surface area contributed by atoms with Crippen molar-refractivity contribution >= 4 is 34.4 Å². The van der Waals surface area contributed by atoms with Crippen molar-refractivity contribution in [2.45, 2.75) is 19.3 Å². The van der Waals surface area contributed by atoms with Crippen molar-refractivity contribution in [1.82, 2.24) is 15.0 Å². The van der Waals surface area contributed by atoms with Gasteiger partial charge in [-0.05, 0) is 58.7 Å². The number of rotatable bonds is 4. The standard InChI is InChI=1S/C42H31N5/c1-42(2)33-23-13-12-22-31(33)32-26-37-38(27-34(32)42)46(30-20-10-5-11-21-30)35-24-14-15-25-36(35)47(37)41-44-39(28-16-6-3-7-17-28)43-40(45-41)29-18-8-4-9-19-29/h3-27H,1-2H3. The molecule has 0 atom stereocenters. The van der Waals surface area contributed by atoms with Crippen LogP contribution in [0.15, 0.2) is 152 Å². The Bertz CT molecular complexity index is 2220. The maximum Gasteiger partial charge on any atom is 0.238 e. The van der Waals surface area contributed by atoms with E-state index in [9.17, 15) is 0 Å². The molecule has 1 aromatic heterocycles. The number of benzene rings is 6.